The molecule has 0 radical (unpaired) electrons. The second-order valence-corrected chi connectivity index (χ2v) is 4.29. The molecule has 0 spiro atoms. The molecular weight excluding hydrogens is 168 g/mol. The van der Waals surface area contributed by atoms with Crippen LogP contribution in [0.15, 0.2) is 0 Å². The highest BCUT2D eigenvalue weighted by Gasteiger charge is 2.13. The lowest BCUT2D eigenvalue weighted by atomic mass is 10.2. The molecule has 12 heavy (non-hydrogen) atoms. The van der Waals surface area contributed by atoms with Crippen LogP contribution in [0.1, 0.15) is 13.8 Å². The molecule has 0 saturated heterocycles. The van der Waals surface area contributed by atoms with Gasteiger partial charge in [-0.2, -0.15) is 11.8 Å². The van der Waals surface area contributed by atoms with Crippen molar-refractivity contribution in [3.63, 3.8) is 0 Å². The molecule has 0 aromatic carbocycles. The maximum absolute atomic E-state index is 3.20. The van der Waals surface area contributed by atoms with Gasteiger partial charge in [0.05, 0.1) is 0 Å². The predicted octanol–water partition coefficient (Wildman–Crippen LogP) is 1.28. The molecule has 0 aliphatic carbocycles. The molecule has 74 valence electrons. The molecule has 0 aliphatic rings. The number of hydrogen-bond donors (Lipinski definition) is 1. The normalized spacial score (nSPS) is 16.5. The molecule has 0 aromatic rings. The van der Waals surface area contributed by atoms with E-state index >= 15 is 0 Å². The summed E-state index contributed by atoms with van der Waals surface area (Å²) in [5.74, 6) is 1.21. The molecule has 2 nitrogen and oxygen atoms in total. The molecule has 1 N–H and O–H groups in total. The minimum atomic E-state index is 0.622. The van der Waals surface area contributed by atoms with Gasteiger partial charge in [-0.15, -0.1) is 0 Å². The van der Waals surface area contributed by atoms with Gasteiger partial charge in [0.15, 0.2) is 0 Å². The lowest BCUT2D eigenvalue weighted by Gasteiger charge is -2.30. The minimum absolute atomic E-state index is 0.622. The summed E-state index contributed by atoms with van der Waals surface area (Å²) in [6, 6.07) is 1.29. The Morgan fingerprint density at radius 3 is 2.33 bits per heavy atom. The van der Waals surface area contributed by atoms with E-state index in [9.17, 15) is 0 Å². The largest absolute Gasteiger partial charge is 0.318 e. The van der Waals surface area contributed by atoms with Crippen LogP contribution < -0.4 is 5.32 Å². The van der Waals surface area contributed by atoms with Crippen LogP contribution in [-0.2, 0) is 0 Å². The van der Waals surface area contributed by atoms with E-state index in [2.05, 4.69) is 37.4 Å². The third kappa shape index (κ3) is 4.33. The van der Waals surface area contributed by atoms with Gasteiger partial charge in [-0.25, -0.2) is 0 Å². The number of nitrogens with zero attached hydrogens (tertiary/aromatic N) is 1. The molecule has 2 unspecified atom stereocenters. The minimum Gasteiger partial charge on any atom is -0.318 e. The third-order valence-electron chi connectivity index (χ3n) is 2.30. The summed E-state index contributed by atoms with van der Waals surface area (Å²) in [4.78, 5) is 2.42. The van der Waals surface area contributed by atoms with Gasteiger partial charge in [-0.1, -0.05) is 0 Å². The van der Waals surface area contributed by atoms with E-state index in [0.717, 1.165) is 6.54 Å². The van der Waals surface area contributed by atoms with Crippen molar-refractivity contribution >= 4 is 11.8 Å². The molecule has 3 heteroatoms. The van der Waals surface area contributed by atoms with Gasteiger partial charge in [0.2, 0.25) is 0 Å². The fraction of sp³-hybridized carbons (Fsp3) is 1.00. The van der Waals surface area contributed by atoms with Crippen molar-refractivity contribution in [3.05, 3.63) is 0 Å². The molecule has 0 heterocycles. The molecule has 0 aliphatic heterocycles. The second-order valence-electron chi connectivity index (χ2n) is 3.38. The summed E-state index contributed by atoms with van der Waals surface area (Å²) >= 11 is 1.91. The van der Waals surface area contributed by atoms with Crippen molar-refractivity contribution in [3.8, 4) is 0 Å². The lowest BCUT2D eigenvalue weighted by Crippen LogP contribution is -2.42. The van der Waals surface area contributed by atoms with Gasteiger partial charge in [0, 0.05) is 24.4 Å². The van der Waals surface area contributed by atoms with Crippen LogP contribution in [-0.4, -0.2) is 49.6 Å². The smallest absolute Gasteiger partial charge is 0.0192 e. The standard InChI is InChI=1S/C9H22N2S/c1-8(6-10-3)11(4)9(2)7-12-5/h8-10H,6-7H2,1-5H3. The molecule has 0 aromatic heterocycles. The molecule has 0 rings (SSSR count). The predicted molar refractivity (Wildman–Crippen MR) is 59.0 cm³/mol. The monoisotopic (exact) mass is 190 g/mol. The van der Waals surface area contributed by atoms with Crippen LogP contribution in [0.2, 0.25) is 0 Å². The zero-order valence-corrected chi connectivity index (χ0v) is 9.74. The Balaban J connectivity index is 3.73. The summed E-state index contributed by atoms with van der Waals surface area (Å²) in [5.41, 5.74) is 0. The first kappa shape index (κ1) is 12.3. The first-order valence-corrected chi connectivity index (χ1v) is 5.88. The van der Waals surface area contributed by atoms with Crippen molar-refractivity contribution in [1.82, 2.24) is 10.2 Å². The van der Waals surface area contributed by atoms with E-state index in [1.54, 1.807) is 0 Å². The van der Waals surface area contributed by atoms with E-state index in [-0.39, 0.29) is 0 Å². The molecule has 0 fully saturated rings. The fourth-order valence-electron chi connectivity index (χ4n) is 1.23. The SMILES string of the molecule is CNCC(C)N(C)C(C)CSC. The van der Waals surface area contributed by atoms with E-state index in [4.69, 9.17) is 0 Å². The van der Waals surface area contributed by atoms with Gasteiger partial charge in [-0.05, 0) is 34.2 Å². The quantitative estimate of drug-likeness (QED) is 0.679. The highest BCUT2D eigenvalue weighted by atomic mass is 32.2. The Hall–Kier alpha value is 0.270. The van der Waals surface area contributed by atoms with Crippen molar-refractivity contribution in [2.75, 3.05) is 32.6 Å². The molecule has 0 amide bonds. The van der Waals surface area contributed by atoms with Crippen molar-refractivity contribution in [2.24, 2.45) is 0 Å². The first-order valence-electron chi connectivity index (χ1n) is 4.49. The van der Waals surface area contributed by atoms with Crippen molar-refractivity contribution in [1.29, 1.82) is 0 Å². The van der Waals surface area contributed by atoms with Crippen molar-refractivity contribution < 1.29 is 0 Å². The molecular formula is C9H22N2S. The Labute approximate surface area is 81.1 Å². The van der Waals surface area contributed by atoms with Gasteiger partial charge in [0.25, 0.3) is 0 Å². The summed E-state index contributed by atoms with van der Waals surface area (Å²) in [5, 5.41) is 3.20. The van der Waals surface area contributed by atoms with E-state index < -0.39 is 0 Å². The number of thioether (sulfide) groups is 1. The average molecular weight is 190 g/mol. The topological polar surface area (TPSA) is 15.3 Å². The van der Waals surface area contributed by atoms with Crippen LogP contribution in [0.3, 0.4) is 0 Å². The van der Waals surface area contributed by atoms with Crippen LogP contribution >= 0.6 is 11.8 Å². The van der Waals surface area contributed by atoms with E-state index in [1.807, 2.05) is 18.8 Å². The third-order valence-corrected chi connectivity index (χ3v) is 3.11. The average Bonchev–Trinajstić information content (AvgIpc) is 2.04. The Bertz CT molecular complexity index is 96.7. The molecule has 0 saturated carbocycles. The zero-order chi connectivity index (χ0) is 9.56. The van der Waals surface area contributed by atoms with Gasteiger partial charge in [-0.3, -0.25) is 4.90 Å². The highest BCUT2D eigenvalue weighted by molar-refractivity contribution is 7.98. The Morgan fingerprint density at radius 1 is 1.33 bits per heavy atom. The summed E-state index contributed by atoms with van der Waals surface area (Å²) in [7, 11) is 4.20. The second kappa shape index (κ2) is 6.75. The Morgan fingerprint density at radius 2 is 1.92 bits per heavy atom. The fourth-order valence-corrected chi connectivity index (χ4v) is 1.95. The summed E-state index contributed by atoms with van der Waals surface area (Å²) in [6.45, 7) is 5.60. The van der Waals surface area contributed by atoms with Crippen LogP contribution in [0.5, 0.6) is 0 Å². The number of rotatable bonds is 6. The van der Waals surface area contributed by atoms with Crippen LogP contribution in [0, 0.1) is 0 Å². The number of nitrogens with one attached hydrogen (secondary N) is 1. The Kier molecular flexibility index (Phi) is 6.90. The van der Waals surface area contributed by atoms with Crippen molar-refractivity contribution in [2.45, 2.75) is 25.9 Å². The lowest BCUT2D eigenvalue weighted by molar-refractivity contribution is 0.209. The molecule has 0 bridgehead atoms. The van der Waals surface area contributed by atoms with Gasteiger partial charge < -0.3 is 5.32 Å². The van der Waals surface area contributed by atoms with Gasteiger partial charge in [0.1, 0.15) is 0 Å². The summed E-state index contributed by atoms with van der Waals surface area (Å²) < 4.78 is 0. The van der Waals surface area contributed by atoms with Crippen LogP contribution in [0.25, 0.3) is 0 Å². The number of likely N-dealkylation sites (N-methyl/N-ethyl adjacent to an activating group) is 2. The maximum atomic E-state index is 3.20. The van der Waals surface area contributed by atoms with Crippen LogP contribution in [0.4, 0.5) is 0 Å². The zero-order valence-electron chi connectivity index (χ0n) is 8.92. The van der Waals surface area contributed by atoms with E-state index in [0.29, 0.717) is 12.1 Å². The molecule has 2 atom stereocenters. The maximum Gasteiger partial charge on any atom is 0.0192 e. The van der Waals surface area contributed by atoms with E-state index in [1.165, 1.54) is 5.75 Å². The first-order chi connectivity index (χ1) is 5.63. The summed E-state index contributed by atoms with van der Waals surface area (Å²) in [6.07, 6.45) is 2.16. The van der Waals surface area contributed by atoms with Gasteiger partial charge >= 0.3 is 0 Å². The number of hydrogen-bond acceptors (Lipinski definition) is 3. The highest BCUT2D eigenvalue weighted by Crippen LogP contribution is 2.06.